The maximum atomic E-state index is 11.0. The summed E-state index contributed by atoms with van der Waals surface area (Å²) in [5.41, 5.74) is 8.53. The molecule has 0 bridgehead atoms. The first-order valence-electron chi connectivity index (χ1n) is 6.04. The SMILES string of the molecule is Cc1nn(-c2cccc(Cl)c2)c(Cl)c1C=NNC(=O)C(N)=O. The van der Waals surface area contributed by atoms with Crippen molar-refractivity contribution >= 4 is 41.2 Å². The molecule has 114 valence electrons. The summed E-state index contributed by atoms with van der Waals surface area (Å²) in [5.74, 6) is -2.15. The third kappa shape index (κ3) is 3.44. The number of hydrogen-bond donors (Lipinski definition) is 2. The van der Waals surface area contributed by atoms with Crippen LogP contribution in [0.3, 0.4) is 0 Å². The number of rotatable bonds is 3. The molecule has 0 aliphatic rings. The summed E-state index contributed by atoms with van der Waals surface area (Å²) < 4.78 is 1.49. The quantitative estimate of drug-likeness (QED) is 0.502. The summed E-state index contributed by atoms with van der Waals surface area (Å²) in [6.07, 6.45) is 1.28. The summed E-state index contributed by atoms with van der Waals surface area (Å²) in [7, 11) is 0. The third-order valence-corrected chi connectivity index (χ3v) is 3.28. The molecule has 1 aromatic heterocycles. The van der Waals surface area contributed by atoms with Gasteiger partial charge in [-0.15, -0.1) is 0 Å². The number of aryl methyl sites for hydroxylation is 1. The van der Waals surface area contributed by atoms with Gasteiger partial charge in [0.05, 0.1) is 23.2 Å². The minimum Gasteiger partial charge on any atom is -0.361 e. The van der Waals surface area contributed by atoms with Crippen molar-refractivity contribution in [2.24, 2.45) is 10.8 Å². The maximum absolute atomic E-state index is 11.0. The highest BCUT2D eigenvalue weighted by atomic mass is 35.5. The first kappa shape index (κ1) is 16.0. The van der Waals surface area contributed by atoms with Crippen LogP contribution in [0.1, 0.15) is 11.3 Å². The van der Waals surface area contributed by atoms with E-state index in [1.54, 1.807) is 31.2 Å². The highest BCUT2D eigenvalue weighted by molar-refractivity contribution is 6.34. The lowest BCUT2D eigenvalue weighted by Gasteiger charge is -2.03. The average molecular weight is 340 g/mol. The minimum atomic E-state index is -1.13. The van der Waals surface area contributed by atoms with E-state index in [-0.39, 0.29) is 5.15 Å². The predicted octanol–water partition coefficient (Wildman–Crippen LogP) is 1.42. The molecule has 0 spiro atoms. The summed E-state index contributed by atoms with van der Waals surface area (Å²) in [6.45, 7) is 1.73. The smallest absolute Gasteiger partial charge is 0.329 e. The van der Waals surface area contributed by atoms with Gasteiger partial charge in [0.15, 0.2) is 0 Å². The number of hydrogen-bond acceptors (Lipinski definition) is 4. The Morgan fingerprint density at radius 2 is 2.14 bits per heavy atom. The first-order valence-corrected chi connectivity index (χ1v) is 6.79. The Labute approximate surface area is 135 Å². The number of hydrazone groups is 1. The minimum absolute atomic E-state index is 0.289. The van der Waals surface area contributed by atoms with Crippen LogP contribution in [0.2, 0.25) is 10.2 Å². The van der Waals surface area contributed by atoms with E-state index in [1.165, 1.54) is 10.9 Å². The molecule has 2 rings (SSSR count). The van der Waals surface area contributed by atoms with Crippen molar-refractivity contribution in [3.8, 4) is 5.69 Å². The lowest BCUT2D eigenvalue weighted by Crippen LogP contribution is -2.32. The molecule has 2 amide bonds. The van der Waals surface area contributed by atoms with E-state index < -0.39 is 11.8 Å². The van der Waals surface area contributed by atoms with Crippen LogP contribution in [0.5, 0.6) is 0 Å². The Kier molecular flexibility index (Phi) is 4.79. The molecule has 7 nitrogen and oxygen atoms in total. The number of carbonyl (C=O) groups excluding carboxylic acids is 2. The number of nitrogens with two attached hydrogens (primary N) is 1. The van der Waals surface area contributed by atoms with E-state index in [1.807, 2.05) is 5.43 Å². The van der Waals surface area contributed by atoms with Gasteiger partial charge in [-0.05, 0) is 25.1 Å². The molecule has 0 fully saturated rings. The molecule has 0 radical (unpaired) electrons. The van der Waals surface area contributed by atoms with Crippen LogP contribution >= 0.6 is 23.2 Å². The lowest BCUT2D eigenvalue weighted by molar-refractivity contribution is -0.137. The van der Waals surface area contributed by atoms with Gasteiger partial charge in [-0.3, -0.25) is 9.59 Å². The molecule has 1 aromatic carbocycles. The Morgan fingerprint density at radius 1 is 1.41 bits per heavy atom. The zero-order valence-electron chi connectivity index (χ0n) is 11.4. The van der Waals surface area contributed by atoms with Crippen LogP contribution in [-0.4, -0.2) is 27.8 Å². The number of nitrogens with zero attached hydrogens (tertiary/aromatic N) is 3. The Morgan fingerprint density at radius 3 is 2.77 bits per heavy atom. The number of aromatic nitrogens is 2. The maximum Gasteiger partial charge on any atom is 0.329 e. The zero-order valence-corrected chi connectivity index (χ0v) is 12.9. The van der Waals surface area contributed by atoms with E-state index in [0.717, 1.165) is 0 Å². The molecule has 9 heteroatoms. The number of amides is 2. The Hall–Kier alpha value is -2.38. The summed E-state index contributed by atoms with van der Waals surface area (Å²) >= 11 is 12.2. The van der Waals surface area contributed by atoms with Gasteiger partial charge in [-0.25, -0.2) is 10.1 Å². The molecule has 0 atom stereocenters. The highest BCUT2D eigenvalue weighted by Gasteiger charge is 2.14. The van der Waals surface area contributed by atoms with Crippen LogP contribution in [0, 0.1) is 6.92 Å². The fraction of sp³-hybridized carbons (Fsp3) is 0.0769. The molecule has 0 saturated heterocycles. The van der Waals surface area contributed by atoms with Crippen molar-refractivity contribution in [1.29, 1.82) is 0 Å². The van der Waals surface area contributed by atoms with E-state index >= 15 is 0 Å². The highest BCUT2D eigenvalue weighted by Crippen LogP contribution is 2.23. The normalized spacial score (nSPS) is 10.9. The van der Waals surface area contributed by atoms with E-state index in [4.69, 9.17) is 28.9 Å². The Balaban J connectivity index is 2.30. The lowest BCUT2D eigenvalue weighted by atomic mass is 10.3. The predicted molar refractivity (Wildman–Crippen MR) is 83.3 cm³/mol. The van der Waals surface area contributed by atoms with Crippen LogP contribution < -0.4 is 11.2 Å². The number of halogens is 2. The first-order chi connectivity index (χ1) is 10.4. The van der Waals surface area contributed by atoms with Crippen LogP contribution in [0.15, 0.2) is 29.4 Å². The van der Waals surface area contributed by atoms with Crippen molar-refractivity contribution in [2.75, 3.05) is 0 Å². The van der Waals surface area contributed by atoms with Crippen LogP contribution in [0.4, 0.5) is 0 Å². The second-order valence-electron chi connectivity index (χ2n) is 4.24. The second kappa shape index (κ2) is 6.59. The van der Waals surface area contributed by atoms with Gasteiger partial charge >= 0.3 is 11.8 Å². The van der Waals surface area contributed by atoms with E-state index in [9.17, 15) is 9.59 Å². The molecule has 3 N–H and O–H groups in total. The van der Waals surface area contributed by atoms with Gasteiger partial charge in [0.2, 0.25) is 0 Å². The van der Waals surface area contributed by atoms with Gasteiger partial charge in [0.1, 0.15) is 5.15 Å². The second-order valence-corrected chi connectivity index (χ2v) is 5.04. The number of carbonyl (C=O) groups is 2. The van der Waals surface area contributed by atoms with Crippen molar-refractivity contribution in [1.82, 2.24) is 15.2 Å². The summed E-state index contributed by atoms with van der Waals surface area (Å²) in [4.78, 5) is 21.6. The van der Waals surface area contributed by atoms with Crippen LogP contribution in [0.25, 0.3) is 5.69 Å². The molecular formula is C13H11Cl2N5O2. The average Bonchev–Trinajstić information content (AvgIpc) is 2.75. The monoisotopic (exact) mass is 339 g/mol. The number of primary amides is 1. The molecule has 22 heavy (non-hydrogen) atoms. The summed E-state index contributed by atoms with van der Waals surface area (Å²) in [6, 6.07) is 7.00. The topological polar surface area (TPSA) is 102 Å². The van der Waals surface area contributed by atoms with Crippen molar-refractivity contribution < 1.29 is 9.59 Å². The van der Waals surface area contributed by atoms with E-state index in [0.29, 0.717) is 22.0 Å². The van der Waals surface area contributed by atoms with Crippen molar-refractivity contribution in [3.63, 3.8) is 0 Å². The van der Waals surface area contributed by atoms with Gasteiger partial charge in [-0.1, -0.05) is 29.3 Å². The molecule has 0 aliphatic heterocycles. The van der Waals surface area contributed by atoms with Gasteiger partial charge in [0, 0.05) is 5.02 Å². The van der Waals surface area contributed by atoms with Crippen molar-refractivity contribution in [3.05, 3.63) is 45.7 Å². The van der Waals surface area contributed by atoms with Crippen LogP contribution in [-0.2, 0) is 9.59 Å². The molecule has 0 unspecified atom stereocenters. The molecule has 1 heterocycles. The zero-order chi connectivity index (χ0) is 16.3. The third-order valence-electron chi connectivity index (χ3n) is 2.68. The van der Waals surface area contributed by atoms with E-state index in [2.05, 4.69) is 10.2 Å². The largest absolute Gasteiger partial charge is 0.361 e. The standard InChI is InChI=1S/C13H11Cl2N5O2/c1-7-10(6-17-18-13(22)12(16)21)11(15)20(19-7)9-4-2-3-8(14)5-9/h2-6H,1H3,(H2,16,21)(H,18,22). The molecule has 0 saturated carbocycles. The Bertz CT molecular complexity index is 770. The molecule has 2 aromatic rings. The molecule has 0 aliphatic carbocycles. The van der Waals surface area contributed by atoms with Gasteiger partial charge < -0.3 is 5.73 Å². The van der Waals surface area contributed by atoms with Gasteiger partial charge in [0.25, 0.3) is 0 Å². The van der Waals surface area contributed by atoms with Crippen molar-refractivity contribution in [2.45, 2.75) is 6.92 Å². The fourth-order valence-corrected chi connectivity index (χ4v) is 2.15. The number of benzene rings is 1. The van der Waals surface area contributed by atoms with Gasteiger partial charge in [-0.2, -0.15) is 10.2 Å². The summed E-state index contributed by atoms with van der Waals surface area (Å²) in [5, 5.41) is 8.74. The number of nitrogens with one attached hydrogen (secondary N) is 1. The molecular weight excluding hydrogens is 329 g/mol. The fourth-order valence-electron chi connectivity index (χ4n) is 1.65.